The minimum Gasteiger partial charge on any atom is -0.487 e. The van der Waals surface area contributed by atoms with E-state index in [0.29, 0.717) is 6.61 Å². The fourth-order valence-corrected chi connectivity index (χ4v) is 1.99. The molecule has 0 amide bonds. The van der Waals surface area contributed by atoms with Gasteiger partial charge in [-0.3, -0.25) is 0 Å². The molecule has 0 aliphatic rings. The van der Waals surface area contributed by atoms with Crippen molar-refractivity contribution in [3.05, 3.63) is 39.8 Å². The van der Waals surface area contributed by atoms with Crippen LogP contribution in [0.25, 0.3) is 0 Å². The Hall–Kier alpha value is -0.280. The number of halogens is 2. The zero-order chi connectivity index (χ0) is 8.97. The van der Waals surface area contributed by atoms with E-state index in [-0.39, 0.29) is 0 Å². The van der Waals surface area contributed by atoms with E-state index in [0.717, 1.165) is 14.7 Å². The molecular formula is C9H8Br2O. The van der Waals surface area contributed by atoms with Gasteiger partial charge < -0.3 is 4.74 Å². The van der Waals surface area contributed by atoms with Gasteiger partial charge in [-0.25, -0.2) is 0 Å². The standard InChI is InChI=1S/C9H8Br2O/c1-2-6-12-9-7(10)4-3-5-8(9)11/h2-5H,1,6H2. The highest BCUT2D eigenvalue weighted by Gasteiger charge is 2.03. The van der Waals surface area contributed by atoms with Gasteiger partial charge in [-0.2, -0.15) is 0 Å². The van der Waals surface area contributed by atoms with Crippen LogP contribution in [0.4, 0.5) is 0 Å². The van der Waals surface area contributed by atoms with E-state index >= 15 is 0 Å². The topological polar surface area (TPSA) is 9.23 Å². The molecule has 0 N–H and O–H groups in total. The summed E-state index contributed by atoms with van der Waals surface area (Å²) in [4.78, 5) is 0. The number of rotatable bonds is 3. The average molecular weight is 292 g/mol. The van der Waals surface area contributed by atoms with E-state index in [1.807, 2.05) is 18.2 Å². The molecule has 0 aromatic heterocycles. The number of benzene rings is 1. The van der Waals surface area contributed by atoms with Gasteiger partial charge in [0, 0.05) is 0 Å². The number of ether oxygens (including phenoxy) is 1. The Bertz CT molecular complexity index is 264. The summed E-state index contributed by atoms with van der Waals surface area (Å²) < 4.78 is 7.29. The Morgan fingerprint density at radius 2 is 1.92 bits per heavy atom. The first-order chi connectivity index (χ1) is 5.75. The van der Waals surface area contributed by atoms with Crippen LogP contribution in [0.3, 0.4) is 0 Å². The molecule has 0 bridgehead atoms. The Kier molecular flexibility index (Phi) is 3.82. The highest BCUT2D eigenvalue weighted by molar-refractivity contribution is 9.11. The molecule has 64 valence electrons. The van der Waals surface area contributed by atoms with Crippen LogP contribution < -0.4 is 4.74 Å². The molecule has 0 unspecified atom stereocenters. The SMILES string of the molecule is C=CCOc1c(Br)cccc1Br. The summed E-state index contributed by atoms with van der Waals surface area (Å²) in [5, 5.41) is 0. The molecule has 1 nitrogen and oxygen atoms in total. The van der Waals surface area contributed by atoms with Gasteiger partial charge in [0.25, 0.3) is 0 Å². The fourth-order valence-electron chi connectivity index (χ4n) is 0.763. The van der Waals surface area contributed by atoms with E-state index < -0.39 is 0 Å². The highest BCUT2D eigenvalue weighted by Crippen LogP contribution is 2.32. The largest absolute Gasteiger partial charge is 0.487 e. The van der Waals surface area contributed by atoms with Crippen molar-refractivity contribution >= 4 is 31.9 Å². The smallest absolute Gasteiger partial charge is 0.148 e. The monoisotopic (exact) mass is 290 g/mol. The zero-order valence-corrected chi connectivity index (χ0v) is 9.56. The Balaban J connectivity index is 2.88. The van der Waals surface area contributed by atoms with Crippen molar-refractivity contribution in [2.24, 2.45) is 0 Å². The van der Waals surface area contributed by atoms with Crippen molar-refractivity contribution in [3.8, 4) is 5.75 Å². The third-order valence-corrected chi connectivity index (χ3v) is 2.51. The molecule has 0 saturated carbocycles. The van der Waals surface area contributed by atoms with Crippen molar-refractivity contribution < 1.29 is 4.74 Å². The number of hydrogen-bond acceptors (Lipinski definition) is 1. The second-order valence-corrected chi connectivity index (χ2v) is 3.86. The predicted molar refractivity (Wildman–Crippen MR) is 57.5 cm³/mol. The van der Waals surface area contributed by atoms with Gasteiger partial charge in [0.05, 0.1) is 8.95 Å². The summed E-state index contributed by atoms with van der Waals surface area (Å²) >= 11 is 6.78. The summed E-state index contributed by atoms with van der Waals surface area (Å²) in [6.45, 7) is 4.09. The zero-order valence-electron chi connectivity index (χ0n) is 6.39. The van der Waals surface area contributed by atoms with E-state index in [1.165, 1.54) is 0 Å². The van der Waals surface area contributed by atoms with E-state index in [1.54, 1.807) is 6.08 Å². The normalized spacial score (nSPS) is 9.50. The summed E-state index contributed by atoms with van der Waals surface area (Å²) in [5.74, 6) is 0.817. The van der Waals surface area contributed by atoms with Crippen molar-refractivity contribution in [2.75, 3.05) is 6.61 Å². The lowest BCUT2D eigenvalue weighted by Crippen LogP contribution is -1.94. The van der Waals surface area contributed by atoms with Gasteiger partial charge in [-0.15, -0.1) is 0 Å². The Morgan fingerprint density at radius 3 is 2.42 bits per heavy atom. The fraction of sp³-hybridized carbons (Fsp3) is 0.111. The number of para-hydroxylation sites is 1. The number of hydrogen-bond donors (Lipinski definition) is 0. The van der Waals surface area contributed by atoms with Crippen LogP contribution in [-0.4, -0.2) is 6.61 Å². The van der Waals surface area contributed by atoms with Gasteiger partial charge in [-0.05, 0) is 44.0 Å². The van der Waals surface area contributed by atoms with Crippen molar-refractivity contribution in [1.82, 2.24) is 0 Å². The maximum absolute atomic E-state index is 5.40. The molecule has 0 aliphatic carbocycles. The van der Waals surface area contributed by atoms with Gasteiger partial charge >= 0.3 is 0 Å². The first-order valence-electron chi connectivity index (χ1n) is 3.43. The molecule has 1 rings (SSSR count). The molecule has 0 saturated heterocycles. The molecule has 0 atom stereocenters. The van der Waals surface area contributed by atoms with E-state index in [4.69, 9.17) is 4.74 Å². The van der Waals surface area contributed by atoms with Crippen LogP contribution in [0.5, 0.6) is 5.75 Å². The molecule has 0 radical (unpaired) electrons. The predicted octanol–water partition coefficient (Wildman–Crippen LogP) is 3.78. The third kappa shape index (κ3) is 2.35. The average Bonchev–Trinajstić information content (AvgIpc) is 2.04. The van der Waals surface area contributed by atoms with Crippen molar-refractivity contribution in [2.45, 2.75) is 0 Å². The van der Waals surface area contributed by atoms with E-state index in [2.05, 4.69) is 38.4 Å². The minimum atomic E-state index is 0.515. The summed E-state index contributed by atoms with van der Waals surface area (Å²) in [6, 6.07) is 5.81. The molecule has 3 heteroatoms. The molecule has 0 spiro atoms. The van der Waals surface area contributed by atoms with Crippen molar-refractivity contribution in [3.63, 3.8) is 0 Å². The maximum Gasteiger partial charge on any atom is 0.148 e. The molecule has 1 aromatic rings. The molecule has 1 aromatic carbocycles. The molecule has 0 fully saturated rings. The van der Waals surface area contributed by atoms with Crippen LogP contribution in [0, 0.1) is 0 Å². The van der Waals surface area contributed by atoms with Gasteiger partial charge in [0.1, 0.15) is 12.4 Å². The lowest BCUT2D eigenvalue weighted by Gasteiger charge is -2.07. The first kappa shape index (κ1) is 9.81. The van der Waals surface area contributed by atoms with Crippen LogP contribution in [-0.2, 0) is 0 Å². The summed E-state index contributed by atoms with van der Waals surface area (Å²) in [5.41, 5.74) is 0. The minimum absolute atomic E-state index is 0.515. The van der Waals surface area contributed by atoms with Crippen LogP contribution in [0.2, 0.25) is 0 Å². The molecule has 0 aliphatic heterocycles. The first-order valence-corrected chi connectivity index (χ1v) is 5.02. The van der Waals surface area contributed by atoms with Gasteiger partial charge in [-0.1, -0.05) is 18.7 Å². The second-order valence-electron chi connectivity index (χ2n) is 2.15. The quantitative estimate of drug-likeness (QED) is 0.770. The lowest BCUT2D eigenvalue weighted by molar-refractivity contribution is 0.358. The maximum atomic E-state index is 5.40. The second kappa shape index (κ2) is 4.67. The molecule has 12 heavy (non-hydrogen) atoms. The van der Waals surface area contributed by atoms with Crippen molar-refractivity contribution in [1.29, 1.82) is 0 Å². The Morgan fingerprint density at radius 1 is 1.33 bits per heavy atom. The lowest BCUT2D eigenvalue weighted by atomic mass is 10.3. The van der Waals surface area contributed by atoms with Gasteiger partial charge in [0.15, 0.2) is 0 Å². The van der Waals surface area contributed by atoms with Crippen LogP contribution in [0.15, 0.2) is 39.8 Å². The summed E-state index contributed by atoms with van der Waals surface area (Å²) in [6.07, 6.45) is 1.71. The van der Waals surface area contributed by atoms with E-state index in [9.17, 15) is 0 Å². The van der Waals surface area contributed by atoms with Crippen LogP contribution in [0.1, 0.15) is 0 Å². The Labute approximate surface area is 88.7 Å². The van der Waals surface area contributed by atoms with Gasteiger partial charge in [0.2, 0.25) is 0 Å². The third-order valence-electron chi connectivity index (χ3n) is 1.26. The highest BCUT2D eigenvalue weighted by atomic mass is 79.9. The molecule has 0 heterocycles. The van der Waals surface area contributed by atoms with Crippen LogP contribution >= 0.6 is 31.9 Å². The molecular weight excluding hydrogens is 284 g/mol. The summed E-state index contributed by atoms with van der Waals surface area (Å²) in [7, 11) is 0.